The Morgan fingerprint density at radius 3 is 2.81 bits per heavy atom. The highest BCUT2D eigenvalue weighted by Gasteiger charge is 2.31. The molecule has 2 saturated heterocycles. The van der Waals surface area contributed by atoms with Crippen molar-refractivity contribution in [2.24, 2.45) is 5.92 Å². The number of nitrogens with zero attached hydrogens (tertiary/aromatic N) is 5. The topological polar surface area (TPSA) is 77.3 Å². The van der Waals surface area contributed by atoms with E-state index in [1.807, 2.05) is 26.0 Å². The van der Waals surface area contributed by atoms with Crippen LogP contribution in [0.3, 0.4) is 0 Å². The SMILES string of the molecule is CC.CCCC(C)N1CCCC1COc1nc2c(c(N3CCNC(CC#N)C3)n1)CCC(CCc1ccccc1Cl)C2. The van der Waals surface area contributed by atoms with E-state index in [0.29, 0.717) is 37.0 Å². The minimum absolute atomic E-state index is 0.160. The maximum Gasteiger partial charge on any atom is 0.318 e. The minimum Gasteiger partial charge on any atom is -0.462 e. The van der Waals surface area contributed by atoms with Crippen molar-refractivity contribution >= 4 is 17.4 Å². The fourth-order valence-electron chi connectivity index (χ4n) is 6.91. The standard InChI is InChI=1S/C32H45ClN6O.C2H6/c1-3-7-23(2)39-18-6-9-27(39)22-40-32-36-30-20-24(11-13-25-8-4-5-10-29(25)33)12-14-28(30)31(37-32)38-19-17-35-26(21-38)15-16-34;1-2/h4-5,8,10,23-24,26-27,35H,3,6-7,9,11-15,17-22H2,1-2H3;1-2H3. The molecule has 4 unspecified atom stereocenters. The Hall–Kier alpha value is -2.40. The second-order valence-electron chi connectivity index (χ2n) is 11.9. The van der Waals surface area contributed by atoms with Gasteiger partial charge >= 0.3 is 6.01 Å². The van der Waals surface area contributed by atoms with Crippen molar-refractivity contribution in [1.29, 1.82) is 5.26 Å². The highest BCUT2D eigenvalue weighted by atomic mass is 35.5. The van der Waals surface area contributed by atoms with Gasteiger partial charge in [-0.15, -0.1) is 0 Å². The summed E-state index contributed by atoms with van der Waals surface area (Å²) in [7, 11) is 0. The summed E-state index contributed by atoms with van der Waals surface area (Å²) >= 11 is 6.45. The van der Waals surface area contributed by atoms with Crippen molar-refractivity contribution in [3.63, 3.8) is 0 Å². The third-order valence-electron chi connectivity index (χ3n) is 9.11. The van der Waals surface area contributed by atoms with Gasteiger partial charge in [-0.25, -0.2) is 0 Å². The maximum atomic E-state index is 9.29. The Morgan fingerprint density at radius 2 is 2.02 bits per heavy atom. The molecule has 5 rings (SSSR count). The van der Waals surface area contributed by atoms with Gasteiger partial charge in [0.15, 0.2) is 0 Å². The Kier molecular flexibility index (Phi) is 12.7. The molecule has 230 valence electrons. The number of aryl methyl sites for hydroxylation is 1. The summed E-state index contributed by atoms with van der Waals surface area (Å²) in [4.78, 5) is 15.1. The first-order valence-corrected chi connectivity index (χ1v) is 16.8. The van der Waals surface area contributed by atoms with Gasteiger partial charge in [0, 0.05) is 48.3 Å². The van der Waals surface area contributed by atoms with Gasteiger partial charge in [0.25, 0.3) is 0 Å². The second-order valence-corrected chi connectivity index (χ2v) is 12.3. The van der Waals surface area contributed by atoms with Crippen LogP contribution in [0.1, 0.15) is 89.5 Å². The van der Waals surface area contributed by atoms with Crippen LogP contribution >= 0.6 is 11.6 Å². The molecule has 3 aliphatic rings. The normalized spacial score (nSPS) is 23.0. The van der Waals surface area contributed by atoms with Gasteiger partial charge in [-0.3, -0.25) is 4.90 Å². The van der Waals surface area contributed by atoms with Crippen LogP contribution in [0, 0.1) is 17.2 Å². The number of anilines is 1. The fraction of sp³-hybridized carbons (Fsp3) is 0.676. The summed E-state index contributed by atoms with van der Waals surface area (Å²) in [5, 5.41) is 13.6. The zero-order valence-electron chi connectivity index (χ0n) is 26.2. The number of rotatable bonds is 11. The van der Waals surface area contributed by atoms with Gasteiger partial charge in [0.05, 0.1) is 18.2 Å². The molecule has 0 bridgehead atoms. The van der Waals surface area contributed by atoms with E-state index >= 15 is 0 Å². The molecule has 2 aromatic rings. The molecule has 42 heavy (non-hydrogen) atoms. The highest BCUT2D eigenvalue weighted by molar-refractivity contribution is 6.31. The summed E-state index contributed by atoms with van der Waals surface area (Å²) < 4.78 is 6.42. The van der Waals surface area contributed by atoms with Gasteiger partial charge in [0.1, 0.15) is 12.4 Å². The molecule has 2 fully saturated rings. The van der Waals surface area contributed by atoms with E-state index in [9.17, 15) is 5.26 Å². The third kappa shape index (κ3) is 8.36. The number of benzene rings is 1. The molecule has 7 nitrogen and oxygen atoms in total. The first-order valence-electron chi connectivity index (χ1n) is 16.4. The Morgan fingerprint density at radius 1 is 1.19 bits per heavy atom. The van der Waals surface area contributed by atoms with Crippen LogP contribution in [0.4, 0.5) is 5.82 Å². The van der Waals surface area contributed by atoms with Gasteiger partial charge < -0.3 is 15.0 Å². The zero-order chi connectivity index (χ0) is 29.9. The molecule has 1 aromatic heterocycles. The second kappa shape index (κ2) is 16.4. The van der Waals surface area contributed by atoms with Crippen LogP contribution in [-0.4, -0.2) is 65.8 Å². The average molecular weight is 595 g/mol. The molecule has 0 spiro atoms. The number of piperazine rings is 1. The van der Waals surface area contributed by atoms with Gasteiger partial charge in [-0.1, -0.05) is 57.0 Å². The molecule has 0 saturated carbocycles. The van der Waals surface area contributed by atoms with E-state index in [1.165, 1.54) is 36.8 Å². The van der Waals surface area contributed by atoms with E-state index in [1.54, 1.807) is 0 Å². The highest BCUT2D eigenvalue weighted by Crippen LogP contribution is 2.35. The molecule has 1 aliphatic carbocycles. The quantitative estimate of drug-likeness (QED) is 0.313. The van der Waals surface area contributed by atoms with Crippen molar-refractivity contribution in [3.8, 4) is 12.1 Å². The molecule has 0 radical (unpaired) electrons. The van der Waals surface area contributed by atoms with Crippen LogP contribution in [0.5, 0.6) is 6.01 Å². The lowest BCUT2D eigenvalue weighted by molar-refractivity contribution is 0.126. The van der Waals surface area contributed by atoms with Crippen LogP contribution in [0.15, 0.2) is 24.3 Å². The van der Waals surface area contributed by atoms with E-state index in [4.69, 9.17) is 26.3 Å². The Labute approximate surface area is 259 Å². The molecule has 8 heteroatoms. The molecule has 4 atom stereocenters. The van der Waals surface area contributed by atoms with Gasteiger partial charge in [-0.2, -0.15) is 15.2 Å². The van der Waals surface area contributed by atoms with Crippen molar-refractivity contribution < 1.29 is 4.74 Å². The first kappa shape index (κ1) is 32.5. The number of nitriles is 1. The molecular formula is C34H51ClN6O. The zero-order valence-corrected chi connectivity index (χ0v) is 27.0. The molecule has 2 aliphatic heterocycles. The Bertz CT molecular complexity index is 1170. The fourth-order valence-corrected chi connectivity index (χ4v) is 7.14. The third-order valence-corrected chi connectivity index (χ3v) is 9.48. The number of hydrogen-bond donors (Lipinski definition) is 1. The van der Waals surface area contributed by atoms with Crippen LogP contribution in [0.25, 0.3) is 0 Å². The maximum absolute atomic E-state index is 9.29. The summed E-state index contributed by atoms with van der Waals surface area (Å²) in [6, 6.07) is 12.2. The summed E-state index contributed by atoms with van der Waals surface area (Å²) in [5.74, 6) is 1.59. The van der Waals surface area contributed by atoms with Crippen molar-refractivity contribution in [3.05, 3.63) is 46.1 Å². The lowest BCUT2D eigenvalue weighted by Gasteiger charge is -2.36. The van der Waals surface area contributed by atoms with Gasteiger partial charge in [0.2, 0.25) is 0 Å². The molecule has 1 aromatic carbocycles. The molecular weight excluding hydrogens is 544 g/mol. The number of aromatic nitrogens is 2. The lowest BCUT2D eigenvalue weighted by Crippen LogP contribution is -2.51. The largest absolute Gasteiger partial charge is 0.462 e. The first-order chi connectivity index (χ1) is 20.6. The van der Waals surface area contributed by atoms with Gasteiger partial charge in [-0.05, 0) is 82.4 Å². The monoisotopic (exact) mass is 594 g/mol. The van der Waals surface area contributed by atoms with E-state index < -0.39 is 0 Å². The lowest BCUT2D eigenvalue weighted by atomic mass is 9.83. The summed E-state index contributed by atoms with van der Waals surface area (Å²) in [6.45, 7) is 12.9. The predicted molar refractivity (Wildman–Crippen MR) is 172 cm³/mol. The van der Waals surface area contributed by atoms with E-state index in [0.717, 1.165) is 74.8 Å². The van der Waals surface area contributed by atoms with E-state index in [-0.39, 0.29) is 6.04 Å². The number of ether oxygens (including phenoxy) is 1. The number of likely N-dealkylation sites (tertiary alicyclic amines) is 1. The summed E-state index contributed by atoms with van der Waals surface area (Å²) in [6.07, 6.45) is 10.5. The number of nitrogens with one attached hydrogen (secondary N) is 1. The minimum atomic E-state index is 0.160. The van der Waals surface area contributed by atoms with Crippen molar-refractivity contribution in [2.75, 3.05) is 37.7 Å². The molecule has 3 heterocycles. The predicted octanol–water partition coefficient (Wildman–Crippen LogP) is 6.62. The van der Waals surface area contributed by atoms with Crippen LogP contribution in [-0.2, 0) is 19.3 Å². The van der Waals surface area contributed by atoms with Crippen molar-refractivity contribution in [1.82, 2.24) is 20.2 Å². The van der Waals surface area contributed by atoms with E-state index in [2.05, 4.69) is 47.2 Å². The molecule has 1 N–H and O–H groups in total. The number of hydrogen-bond acceptors (Lipinski definition) is 7. The molecule has 0 amide bonds. The number of halogens is 1. The van der Waals surface area contributed by atoms with Crippen molar-refractivity contribution in [2.45, 2.75) is 110 Å². The summed E-state index contributed by atoms with van der Waals surface area (Å²) in [5.41, 5.74) is 3.65. The average Bonchev–Trinajstić information content (AvgIpc) is 3.49. The van der Waals surface area contributed by atoms with Crippen LogP contribution in [0.2, 0.25) is 5.02 Å². The number of fused-ring (bicyclic) bond motifs is 1. The smallest absolute Gasteiger partial charge is 0.318 e. The van der Waals surface area contributed by atoms with Crippen LogP contribution < -0.4 is 15.0 Å². The Balaban J connectivity index is 0.00000198.